The number of esters is 1. The number of nitrogens with one attached hydrogen (secondary N) is 3. The monoisotopic (exact) mass is 518 g/mol. The Labute approximate surface area is 143 Å². The maximum absolute atomic E-state index is 12.9. The Morgan fingerprint density at radius 1 is 1.29 bits per heavy atom. The number of hydrogen-bond acceptors (Lipinski definition) is 5. The molecule has 0 aromatic rings. The van der Waals surface area contributed by atoms with Gasteiger partial charge in [0.25, 0.3) is 0 Å². The molecule has 5 aliphatic rings. The second-order valence-electron chi connectivity index (χ2n) is 8.09. The van der Waals surface area contributed by atoms with Crippen molar-refractivity contribution in [2.75, 3.05) is 0 Å². The molecule has 3 aliphatic heterocycles. The van der Waals surface area contributed by atoms with Gasteiger partial charge in [0.1, 0.15) is 0 Å². The minimum absolute atomic E-state index is 0.0195. The predicted octanol–water partition coefficient (Wildman–Crippen LogP) is -1.37. The Morgan fingerprint density at radius 3 is 2.29 bits per heavy atom. The van der Waals surface area contributed by atoms with Gasteiger partial charge in [-0.15, -0.1) is 0 Å². The third kappa shape index (κ3) is 1.39. The molecule has 0 amide bonds. The molecule has 0 aromatic heterocycles. The summed E-state index contributed by atoms with van der Waals surface area (Å²) in [4.78, 5) is 12.9. The third-order valence-electron chi connectivity index (χ3n) is 7.26. The SMILES string of the molecule is CC1(OC(=O)C2(C34NI3N4)N[I-]2)CC2CCC1(C)C2(C)C. The van der Waals surface area contributed by atoms with Crippen LogP contribution in [0, 0.1) is 16.7 Å². The molecule has 2 saturated carbocycles. The van der Waals surface area contributed by atoms with Crippen LogP contribution in [-0.4, -0.2) is 18.8 Å². The van der Waals surface area contributed by atoms with Gasteiger partial charge in [-0.3, -0.25) is 0 Å². The average Bonchev–Trinajstić information content (AvgIpc) is 3.24. The van der Waals surface area contributed by atoms with Crippen LogP contribution < -0.4 is 32.1 Å². The van der Waals surface area contributed by atoms with Crippen LogP contribution in [0.5, 0.6) is 0 Å². The summed E-state index contributed by atoms with van der Waals surface area (Å²) < 4.78 is 16.4. The van der Waals surface area contributed by atoms with Crippen LogP contribution in [0.4, 0.5) is 0 Å². The fourth-order valence-corrected chi connectivity index (χ4v) is 14.9. The van der Waals surface area contributed by atoms with Crippen molar-refractivity contribution in [3.05, 3.63) is 0 Å². The number of fused-ring (bicyclic) bond motifs is 3. The summed E-state index contributed by atoms with van der Waals surface area (Å²) in [5, 5.41) is 0. The van der Waals surface area contributed by atoms with Gasteiger partial charge in [0.05, 0.1) is 0 Å². The Kier molecular flexibility index (Phi) is 2.41. The van der Waals surface area contributed by atoms with E-state index in [-0.39, 0.29) is 51.1 Å². The average molecular weight is 518 g/mol. The van der Waals surface area contributed by atoms with Gasteiger partial charge < -0.3 is 0 Å². The van der Waals surface area contributed by atoms with Gasteiger partial charge in [-0.05, 0) is 0 Å². The summed E-state index contributed by atoms with van der Waals surface area (Å²) in [6.45, 7) is 9.27. The minimum atomic E-state index is -1.11. The standard InChI is InChI=1S/C14H22I2N3O2/c1-10(2)8-5-6-11(10,3)12(4,7-8)21-9(20)13(15-17-13)14-16(18-14)19-14/h8,17-19H,5-7H2,1-4H3/q-1. The van der Waals surface area contributed by atoms with E-state index in [0.29, 0.717) is 5.92 Å². The van der Waals surface area contributed by atoms with E-state index in [2.05, 4.69) is 38.3 Å². The van der Waals surface area contributed by atoms with Crippen molar-refractivity contribution in [2.45, 2.75) is 59.8 Å². The van der Waals surface area contributed by atoms with Gasteiger partial charge in [0.2, 0.25) is 0 Å². The number of carbonyl (C=O) groups is 1. The summed E-state index contributed by atoms with van der Waals surface area (Å²) in [5.41, 5.74) is 0.0865. The van der Waals surface area contributed by atoms with Crippen LogP contribution in [0.2, 0.25) is 0 Å². The van der Waals surface area contributed by atoms with Crippen LogP contribution in [0.1, 0.15) is 47.0 Å². The van der Waals surface area contributed by atoms with Gasteiger partial charge >= 0.3 is 144 Å². The summed E-state index contributed by atoms with van der Waals surface area (Å²) >= 11 is -1.35. The molecular weight excluding hydrogens is 496 g/mol. The quantitative estimate of drug-likeness (QED) is 0.107. The van der Waals surface area contributed by atoms with E-state index in [9.17, 15) is 4.79 Å². The van der Waals surface area contributed by atoms with Crippen LogP contribution in [0.25, 0.3) is 0 Å². The number of alkyl halides is 2. The Balaban J connectivity index is 1.43. The van der Waals surface area contributed by atoms with E-state index in [4.69, 9.17) is 4.74 Å². The number of halogens is 2. The molecule has 3 heterocycles. The topological polar surface area (TPSA) is 92.1 Å². The molecule has 4 unspecified atom stereocenters. The van der Waals surface area contributed by atoms with Crippen LogP contribution >= 0.6 is 20.4 Å². The molecule has 120 valence electrons. The number of rotatable bonds is 3. The summed E-state index contributed by atoms with van der Waals surface area (Å²) in [6, 6.07) is 0. The molecule has 0 radical (unpaired) electrons. The predicted molar refractivity (Wildman–Crippen MR) is 82.6 cm³/mol. The fraction of sp³-hybridized carbons (Fsp3) is 0.929. The first kappa shape index (κ1) is 14.2. The first-order chi connectivity index (χ1) is 9.71. The van der Waals surface area contributed by atoms with Gasteiger partial charge in [-0.1, -0.05) is 0 Å². The number of carbonyl (C=O) groups excluding carboxylic acids is 1. The summed E-state index contributed by atoms with van der Waals surface area (Å²) in [7, 11) is 0. The van der Waals surface area contributed by atoms with Gasteiger partial charge in [-0.2, -0.15) is 0 Å². The van der Waals surface area contributed by atoms with Gasteiger partial charge in [0, 0.05) is 0 Å². The molecular formula is C14H22I2N3O2-. The maximum atomic E-state index is 12.9. The van der Waals surface area contributed by atoms with E-state index in [1.807, 2.05) is 0 Å². The Hall–Kier alpha value is 0.810. The summed E-state index contributed by atoms with van der Waals surface area (Å²) in [6.07, 6.45) is 3.51. The second kappa shape index (κ2) is 3.57. The first-order valence-corrected chi connectivity index (χ1v) is 13.0. The van der Waals surface area contributed by atoms with Gasteiger partial charge in [-0.25, -0.2) is 0 Å². The molecule has 2 aliphatic carbocycles. The second-order valence-corrected chi connectivity index (χ2v) is 15.1. The molecule has 7 heteroatoms. The van der Waals surface area contributed by atoms with E-state index in [1.54, 1.807) is 0 Å². The first-order valence-electron chi connectivity index (χ1n) is 7.62. The fourth-order valence-electron chi connectivity index (χ4n) is 4.90. The normalized spacial score (nSPS) is 55.4. The third-order valence-corrected chi connectivity index (χ3v) is 15.7. The van der Waals surface area contributed by atoms with Crippen LogP contribution in [-0.2, 0) is 9.53 Å². The van der Waals surface area contributed by atoms with Crippen molar-refractivity contribution in [3.8, 4) is 0 Å². The van der Waals surface area contributed by atoms with E-state index >= 15 is 0 Å². The number of hydrogen-bond donors (Lipinski definition) is 3. The van der Waals surface area contributed by atoms with E-state index in [0.717, 1.165) is 6.42 Å². The Bertz CT molecular complexity index is 573. The van der Waals surface area contributed by atoms with Crippen molar-refractivity contribution in [3.63, 3.8) is 0 Å². The molecule has 4 atom stereocenters. The van der Waals surface area contributed by atoms with Crippen molar-refractivity contribution in [2.24, 2.45) is 16.7 Å². The van der Waals surface area contributed by atoms with E-state index < -0.39 is 20.4 Å². The van der Waals surface area contributed by atoms with Crippen molar-refractivity contribution in [1.29, 1.82) is 0 Å². The van der Waals surface area contributed by atoms with E-state index in [1.165, 1.54) is 12.8 Å². The zero-order chi connectivity index (χ0) is 14.9. The van der Waals surface area contributed by atoms with Gasteiger partial charge in [0.15, 0.2) is 0 Å². The molecule has 0 spiro atoms. The molecule has 5 nitrogen and oxygen atoms in total. The molecule has 3 saturated heterocycles. The van der Waals surface area contributed by atoms with Crippen LogP contribution in [0.3, 0.4) is 0 Å². The van der Waals surface area contributed by atoms with Crippen molar-refractivity contribution < 1.29 is 31.0 Å². The molecule has 2 bridgehead atoms. The number of ether oxygens (including phenoxy) is 1. The zero-order valence-electron chi connectivity index (χ0n) is 12.8. The van der Waals surface area contributed by atoms with Crippen molar-refractivity contribution in [1.82, 2.24) is 10.6 Å². The summed E-state index contributed by atoms with van der Waals surface area (Å²) in [5.74, 6) is 0.720. The Morgan fingerprint density at radius 2 is 1.90 bits per heavy atom. The molecule has 5 fully saturated rings. The molecule has 0 aromatic carbocycles. The zero-order valence-corrected chi connectivity index (χ0v) is 17.1. The van der Waals surface area contributed by atoms with Crippen LogP contribution in [0.15, 0.2) is 0 Å². The molecule has 21 heavy (non-hydrogen) atoms. The molecule has 3 N–H and O–H groups in total. The molecule has 5 rings (SSSR count). The van der Waals surface area contributed by atoms with Crippen molar-refractivity contribution >= 4 is 26.3 Å².